The number of fused-ring (bicyclic) bond motifs is 3. The fourth-order valence-electron chi connectivity index (χ4n) is 3.76. The largest absolute Gasteiger partial charge is 0.373 e. The predicted octanol–water partition coefficient (Wildman–Crippen LogP) is 3.16. The first-order chi connectivity index (χ1) is 11.7. The van der Waals surface area contributed by atoms with E-state index >= 15 is 0 Å². The first kappa shape index (κ1) is 14.9. The summed E-state index contributed by atoms with van der Waals surface area (Å²) in [5.41, 5.74) is 4.51. The van der Waals surface area contributed by atoms with E-state index < -0.39 is 0 Å². The molecule has 2 heterocycles. The number of nitrogens with zero attached hydrogens (tertiary/aromatic N) is 1. The van der Waals surface area contributed by atoms with Gasteiger partial charge in [0, 0.05) is 23.7 Å². The minimum absolute atomic E-state index is 0.0468. The average Bonchev–Trinajstić information content (AvgIpc) is 3.10. The van der Waals surface area contributed by atoms with Crippen molar-refractivity contribution in [2.75, 3.05) is 5.32 Å². The normalized spacial score (nSPS) is 24.0. The van der Waals surface area contributed by atoms with Crippen LogP contribution in [0.5, 0.6) is 0 Å². The van der Waals surface area contributed by atoms with E-state index in [2.05, 4.69) is 52.9 Å². The molecule has 0 bridgehead atoms. The summed E-state index contributed by atoms with van der Waals surface area (Å²) < 4.78 is 0. The molecule has 0 saturated carbocycles. The van der Waals surface area contributed by atoms with Gasteiger partial charge in [0.2, 0.25) is 5.91 Å². The van der Waals surface area contributed by atoms with Gasteiger partial charge in [-0.25, -0.2) is 0 Å². The highest BCUT2D eigenvalue weighted by Crippen LogP contribution is 2.44. The number of carbonyl (C=O) groups excluding carboxylic acids is 1. The molecule has 3 atom stereocenters. The van der Waals surface area contributed by atoms with Crippen molar-refractivity contribution >= 4 is 11.6 Å². The molecule has 1 amide bonds. The fourth-order valence-corrected chi connectivity index (χ4v) is 3.76. The minimum atomic E-state index is -0.205. The Balaban J connectivity index is 1.53. The molecule has 4 nitrogen and oxygen atoms in total. The lowest BCUT2D eigenvalue weighted by molar-refractivity contribution is -0.123. The van der Waals surface area contributed by atoms with E-state index in [1.54, 1.807) is 6.20 Å². The van der Waals surface area contributed by atoms with Crippen molar-refractivity contribution in [1.29, 1.82) is 0 Å². The molecule has 1 aliphatic heterocycles. The Kier molecular flexibility index (Phi) is 3.81. The van der Waals surface area contributed by atoms with Gasteiger partial charge in [0.25, 0.3) is 0 Å². The highest BCUT2D eigenvalue weighted by Gasteiger charge is 2.40. The van der Waals surface area contributed by atoms with Gasteiger partial charge in [0.05, 0.1) is 12.2 Å². The molecule has 4 heteroatoms. The Labute approximate surface area is 142 Å². The van der Waals surface area contributed by atoms with Crippen molar-refractivity contribution in [3.05, 3.63) is 71.6 Å². The number of aryl methyl sites for hydroxylation is 1. The maximum atomic E-state index is 12.8. The van der Waals surface area contributed by atoms with Crippen LogP contribution in [0.2, 0.25) is 0 Å². The summed E-state index contributed by atoms with van der Waals surface area (Å²) in [4.78, 5) is 17.0. The molecule has 1 aliphatic carbocycles. The molecule has 0 saturated heterocycles. The summed E-state index contributed by atoms with van der Waals surface area (Å²) in [5.74, 6) is 0.653. The summed E-state index contributed by atoms with van der Waals surface area (Å²) in [6.45, 7) is 2.57. The van der Waals surface area contributed by atoms with Crippen LogP contribution >= 0.6 is 0 Å². The maximum Gasteiger partial charge on any atom is 0.243 e. The zero-order valence-electron chi connectivity index (χ0n) is 13.7. The number of amides is 1. The molecule has 122 valence electrons. The van der Waals surface area contributed by atoms with Crippen molar-refractivity contribution in [3.63, 3.8) is 0 Å². The number of anilines is 1. The summed E-state index contributed by atoms with van der Waals surface area (Å²) in [6.07, 6.45) is 7.14. The van der Waals surface area contributed by atoms with Crippen molar-refractivity contribution in [2.45, 2.75) is 31.8 Å². The molecule has 2 aromatic rings. The molecule has 1 aromatic carbocycles. The highest BCUT2D eigenvalue weighted by atomic mass is 16.2. The molecule has 4 rings (SSSR count). The first-order valence-electron chi connectivity index (χ1n) is 8.44. The first-order valence-corrected chi connectivity index (χ1v) is 8.44. The van der Waals surface area contributed by atoms with Crippen LogP contribution in [0, 0.1) is 12.8 Å². The second-order valence-corrected chi connectivity index (χ2v) is 6.61. The SMILES string of the molecule is Cc1ccc2c(c1)C1C=CCC1C(C(=O)NCc1ccccn1)N2. The Hall–Kier alpha value is -2.62. The van der Waals surface area contributed by atoms with E-state index in [1.807, 2.05) is 18.2 Å². The zero-order valence-corrected chi connectivity index (χ0v) is 13.7. The topological polar surface area (TPSA) is 54.0 Å². The van der Waals surface area contributed by atoms with E-state index in [4.69, 9.17) is 0 Å². The van der Waals surface area contributed by atoms with Gasteiger partial charge in [-0.05, 0) is 37.1 Å². The van der Waals surface area contributed by atoms with Crippen LogP contribution in [0.15, 0.2) is 54.7 Å². The molecular formula is C20H21N3O. The lowest BCUT2D eigenvalue weighted by atomic mass is 9.78. The molecule has 0 radical (unpaired) electrons. The van der Waals surface area contributed by atoms with Gasteiger partial charge in [-0.1, -0.05) is 35.9 Å². The van der Waals surface area contributed by atoms with Crippen LogP contribution in [-0.2, 0) is 11.3 Å². The monoisotopic (exact) mass is 319 g/mol. The van der Waals surface area contributed by atoms with Crippen LogP contribution < -0.4 is 10.6 Å². The molecule has 1 aromatic heterocycles. The van der Waals surface area contributed by atoms with E-state index in [0.29, 0.717) is 12.5 Å². The summed E-state index contributed by atoms with van der Waals surface area (Å²) in [5, 5.41) is 6.49. The number of allylic oxidation sites excluding steroid dienone is 2. The zero-order chi connectivity index (χ0) is 16.5. The molecule has 2 N–H and O–H groups in total. The highest BCUT2D eigenvalue weighted by molar-refractivity contribution is 5.86. The van der Waals surface area contributed by atoms with Gasteiger partial charge < -0.3 is 10.6 Å². The standard InChI is InChI=1S/C20H21N3O/c1-13-8-9-18-17(11-13)15-6-4-7-16(15)19(23-18)20(24)22-12-14-5-2-3-10-21-14/h2-6,8-11,15-16,19,23H,7,12H2,1H3,(H,22,24). The van der Waals surface area contributed by atoms with E-state index in [-0.39, 0.29) is 17.9 Å². The van der Waals surface area contributed by atoms with Crippen molar-refractivity contribution in [2.24, 2.45) is 5.92 Å². The number of carbonyl (C=O) groups is 1. The third-order valence-electron chi connectivity index (χ3n) is 4.97. The number of pyridine rings is 1. The predicted molar refractivity (Wildman–Crippen MR) is 94.7 cm³/mol. The van der Waals surface area contributed by atoms with Gasteiger partial charge >= 0.3 is 0 Å². The molecule has 2 aliphatic rings. The third kappa shape index (κ3) is 2.68. The number of hydrogen-bond donors (Lipinski definition) is 2. The molecule has 3 unspecified atom stereocenters. The molecule has 0 fully saturated rings. The fraction of sp³-hybridized carbons (Fsp3) is 0.300. The molecule has 0 spiro atoms. The number of aromatic nitrogens is 1. The molecular weight excluding hydrogens is 298 g/mol. The van der Waals surface area contributed by atoms with E-state index in [1.165, 1.54) is 11.1 Å². The average molecular weight is 319 g/mol. The Morgan fingerprint density at radius 2 is 2.25 bits per heavy atom. The summed E-state index contributed by atoms with van der Waals surface area (Å²) in [6, 6.07) is 11.9. The van der Waals surface area contributed by atoms with Gasteiger partial charge in [0.15, 0.2) is 0 Å². The number of rotatable bonds is 3. The Morgan fingerprint density at radius 3 is 3.08 bits per heavy atom. The van der Waals surface area contributed by atoms with E-state index in [0.717, 1.165) is 17.8 Å². The summed E-state index contributed by atoms with van der Waals surface area (Å²) in [7, 11) is 0. The van der Waals surface area contributed by atoms with E-state index in [9.17, 15) is 4.79 Å². The Bertz CT molecular complexity index is 785. The second-order valence-electron chi connectivity index (χ2n) is 6.61. The smallest absolute Gasteiger partial charge is 0.243 e. The lowest BCUT2D eigenvalue weighted by Crippen LogP contribution is -2.47. The second kappa shape index (κ2) is 6.11. The number of hydrogen-bond acceptors (Lipinski definition) is 3. The Morgan fingerprint density at radius 1 is 1.33 bits per heavy atom. The van der Waals surface area contributed by atoms with Crippen molar-refractivity contribution in [3.8, 4) is 0 Å². The van der Waals surface area contributed by atoms with Gasteiger partial charge in [-0.2, -0.15) is 0 Å². The third-order valence-corrected chi connectivity index (χ3v) is 4.97. The van der Waals surface area contributed by atoms with Crippen molar-refractivity contribution in [1.82, 2.24) is 10.3 Å². The van der Waals surface area contributed by atoms with Crippen molar-refractivity contribution < 1.29 is 4.79 Å². The van der Waals surface area contributed by atoms with Gasteiger partial charge in [-0.15, -0.1) is 0 Å². The van der Waals surface area contributed by atoms with Gasteiger partial charge in [-0.3, -0.25) is 9.78 Å². The number of nitrogens with one attached hydrogen (secondary N) is 2. The lowest BCUT2D eigenvalue weighted by Gasteiger charge is -2.36. The minimum Gasteiger partial charge on any atom is -0.373 e. The van der Waals surface area contributed by atoms with Crippen LogP contribution in [0.1, 0.15) is 29.2 Å². The maximum absolute atomic E-state index is 12.8. The quantitative estimate of drug-likeness (QED) is 0.855. The van der Waals surface area contributed by atoms with Crippen LogP contribution in [0.25, 0.3) is 0 Å². The van der Waals surface area contributed by atoms with Gasteiger partial charge in [0.1, 0.15) is 6.04 Å². The van der Waals surface area contributed by atoms with Crippen LogP contribution in [-0.4, -0.2) is 16.9 Å². The van der Waals surface area contributed by atoms with Crippen LogP contribution in [0.4, 0.5) is 5.69 Å². The van der Waals surface area contributed by atoms with Crippen LogP contribution in [0.3, 0.4) is 0 Å². The number of benzene rings is 1. The summed E-state index contributed by atoms with van der Waals surface area (Å²) >= 11 is 0. The molecule has 24 heavy (non-hydrogen) atoms.